The van der Waals surface area contributed by atoms with Gasteiger partial charge in [0.1, 0.15) is 6.10 Å². The molecule has 0 spiro atoms. The molecule has 10 heteroatoms. The van der Waals surface area contributed by atoms with Crippen LogP contribution in [0.5, 0.6) is 5.88 Å². The Morgan fingerprint density at radius 2 is 1.81 bits per heavy atom. The Bertz CT molecular complexity index is 1030. The summed E-state index contributed by atoms with van der Waals surface area (Å²) in [5.74, 6) is 0.635. The second-order valence-electron chi connectivity index (χ2n) is 9.90. The van der Waals surface area contributed by atoms with Crippen molar-refractivity contribution in [3.8, 4) is 5.88 Å². The monoisotopic (exact) mass is 553 g/mol. The number of carbonyl (C=O) groups is 1. The van der Waals surface area contributed by atoms with E-state index < -0.39 is 0 Å². The molecule has 2 aliphatic heterocycles. The average Bonchev–Trinajstić information content (AvgIpc) is 3.31. The van der Waals surface area contributed by atoms with Gasteiger partial charge in [-0.2, -0.15) is 0 Å². The van der Waals surface area contributed by atoms with E-state index in [1.165, 1.54) is 0 Å². The molecule has 2 aliphatic rings. The molecule has 36 heavy (non-hydrogen) atoms. The van der Waals surface area contributed by atoms with Crippen LogP contribution in [-0.2, 0) is 0 Å². The summed E-state index contributed by atoms with van der Waals surface area (Å²) < 4.78 is 6.20. The molecule has 0 radical (unpaired) electrons. The molecule has 2 saturated heterocycles. The van der Waals surface area contributed by atoms with Crippen molar-refractivity contribution in [2.45, 2.75) is 18.9 Å². The van der Waals surface area contributed by atoms with Crippen molar-refractivity contribution >= 4 is 40.8 Å². The van der Waals surface area contributed by atoms with Gasteiger partial charge >= 0.3 is 6.03 Å². The van der Waals surface area contributed by atoms with Crippen molar-refractivity contribution < 1.29 is 9.53 Å². The molecule has 0 aliphatic carbocycles. The van der Waals surface area contributed by atoms with E-state index in [0.717, 1.165) is 44.8 Å². The van der Waals surface area contributed by atoms with Crippen LogP contribution in [-0.4, -0.2) is 103 Å². The SMILES string of the molecule is CC(Oc1ccc(Cl)cn1)C1CN(C(=O)N2CCN(CCN(C)C)CC2)CC1c1ccc(Cl)c(Cl)c1. The van der Waals surface area contributed by atoms with Gasteiger partial charge in [-0.1, -0.05) is 40.9 Å². The number of amides is 2. The Morgan fingerprint density at radius 1 is 1.06 bits per heavy atom. The van der Waals surface area contributed by atoms with Gasteiger partial charge in [-0.05, 0) is 44.8 Å². The van der Waals surface area contributed by atoms with Crippen LogP contribution in [0.4, 0.5) is 4.79 Å². The highest BCUT2D eigenvalue weighted by molar-refractivity contribution is 6.42. The van der Waals surface area contributed by atoms with E-state index in [9.17, 15) is 4.79 Å². The highest BCUT2D eigenvalue weighted by Gasteiger charge is 2.41. The Labute approximate surface area is 228 Å². The van der Waals surface area contributed by atoms with Crippen LogP contribution in [0.15, 0.2) is 36.5 Å². The molecule has 196 valence electrons. The minimum Gasteiger partial charge on any atom is -0.474 e. The van der Waals surface area contributed by atoms with Gasteiger partial charge in [0.15, 0.2) is 0 Å². The van der Waals surface area contributed by atoms with Gasteiger partial charge in [0.25, 0.3) is 0 Å². The van der Waals surface area contributed by atoms with E-state index >= 15 is 0 Å². The van der Waals surface area contributed by atoms with Gasteiger partial charge in [-0.25, -0.2) is 9.78 Å². The minimum atomic E-state index is -0.182. The zero-order valence-electron chi connectivity index (χ0n) is 21.0. The highest BCUT2D eigenvalue weighted by Crippen LogP contribution is 2.38. The minimum absolute atomic E-state index is 0.0602. The van der Waals surface area contributed by atoms with E-state index in [4.69, 9.17) is 39.5 Å². The van der Waals surface area contributed by atoms with Crippen molar-refractivity contribution in [2.75, 3.05) is 66.5 Å². The summed E-state index contributed by atoms with van der Waals surface area (Å²) in [6.45, 7) is 8.55. The summed E-state index contributed by atoms with van der Waals surface area (Å²) in [5, 5.41) is 1.59. The van der Waals surface area contributed by atoms with E-state index in [1.807, 2.05) is 34.9 Å². The van der Waals surface area contributed by atoms with Crippen molar-refractivity contribution in [1.29, 1.82) is 0 Å². The number of ether oxygens (including phenoxy) is 1. The molecule has 2 aromatic rings. The molecule has 0 saturated carbocycles. The third-order valence-electron chi connectivity index (χ3n) is 7.12. The molecule has 3 unspecified atom stereocenters. The van der Waals surface area contributed by atoms with Crippen molar-refractivity contribution in [2.24, 2.45) is 5.92 Å². The number of benzene rings is 1. The van der Waals surface area contributed by atoms with E-state index in [0.29, 0.717) is 34.0 Å². The first-order valence-electron chi connectivity index (χ1n) is 12.4. The number of urea groups is 1. The van der Waals surface area contributed by atoms with Crippen LogP contribution in [0, 0.1) is 5.92 Å². The molecule has 0 bridgehead atoms. The zero-order valence-corrected chi connectivity index (χ0v) is 23.3. The highest BCUT2D eigenvalue weighted by atomic mass is 35.5. The predicted molar refractivity (Wildman–Crippen MR) is 146 cm³/mol. The number of halogens is 3. The maximum Gasteiger partial charge on any atom is 0.320 e. The van der Waals surface area contributed by atoms with Gasteiger partial charge in [-0.3, -0.25) is 4.90 Å². The van der Waals surface area contributed by atoms with Crippen LogP contribution in [0.25, 0.3) is 0 Å². The fraction of sp³-hybridized carbons (Fsp3) is 0.538. The standard InChI is InChI=1S/C26H34Cl3N5O2/c1-18(36-25-7-5-20(27)15-30-25)21-16-34(17-22(21)19-4-6-23(28)24(29)14-19)26(35)33-12-10-32(11-13-33)9-8-31(2)3/h4-7,14-15,18,21-22H,8-13,16-17H2,1-3H3. The maximum atomic E-state index is 13.5. The van der Waals surface area contributed by atoms with E-state index in [2.05, 4.69) is 28.9 Å². The summed E-state index contributed by atoms with van der Waals surface area (Å²) in [5.41, 5.74) is 1.05. The maximum absolute atomic E-state index is 13.5. The molecule has 2 fully saturated rings. The van der Waals surface area contributed by atoms with Crippen molar-refractivity contribution in [3.05, 3.63) is 57.2 Å². The number of aromatic nitrogens is 1. The number of hydrogen-bond donors (Lipinski definition) is 0. The van der Waals surface area contributed by atoms with Gasteiger partial charge < -0.3 is 19.4 Å². The number of likely N-dealkylation sites (N-methyl/N-ethyl adjacent to an activating group) is 1. The van der Waals surface area contributed by atoms with Gasteiger partial charge in [0.2, 0.25) is 5.88 Å². The number of nitrogens with zero attached hydrogens (tertiary/aromatic N) is 5. The fourth-order valence-corrected chi connectivity index (χ4v) is 5.39. The molecule has 3 heterocycles. The number of carbonyl (C=O) groups excluding carboxylic acids is 1. The second kappa shape index (κ2) is 12.2. The van der Waals surface area contributed by atoms with E-state index in [-0.39, 0.29) is 24.0 Å². The van der Waals surface area contributed by atoms with Crippen LogP contribution in [0.2, 0.25) is 15.1 Å². The normalized spacial score (nSPS) is 21.8. The first kappa shape index (κ1) is 27.3. The predicted octanol–water partition coefficient (Wildman–Crippen LogP) is 4.82. The number of likely N-dealkylation sites (tertiary alicyclic amines) is 1. The summed E-state index contributed by atoms with van der Waals surface area (Å²) >= 11 is 18.5. The molecule has 4 rings (SSSR count). The van der Waals surface area contributed by atoms with Crippen LogP contribution in [0.3, 0.4) is 0 Å². The fourth-order valence-electron chi connectivity index (χ4n) is 4.97. The number of hydrogen-bond acceptors (Lipinski definition) is 5. The zero-order chi connectivity index (χ0) is 25.8. The Hall–Kier alpha value is -1.77. The van der Waals surface area contributed by atoms with Gasteiger partial charge in [-0.15, -0.1) is 0 Å². The molecule has 2 amide bonds. The van der Waals surface area contributed by atoms with Gasteiger partial charge in [0, 0.05) is 76.5 Å². The first-order chi connectivity index (χ1) is 17.2. The lowest BCUT2D eigenvalue weighted by Crippen LogP contribution is -2.53. The smallest absolute Gasteiger partial charge is 0.320 e. The summed E-state index contributed by atoms with van der Waals surface area (Å²) in [4.78, 5) is 26.4. The molecule has 7 nitrogen and oxygen atoms in total. The van der Waals surface area contributed by atoms with Crippen LogP contribution < -0.4 is 4.74 Å². The van der Waals surface area contributed by atoms with Crippen molar-refractivity contribution in [1.82, 2.24) is 24.6 Å². The molecular weight excluding hydrogens is 521 g/mol. The van der Waals surface area contributed by atoms with Crippen LogP contribution >= 0.6 is 34.8 Å². The molecule has 0 N–H and O–H groups in total. The average molecular weight is 555 g/mol. The molecule has 1 aromatic carbocycles. The topological polar surface area (TPSA) is 52.2 Å². The second-order valence-corrected chi connectivity index (χ2v) is 11.2. The van der Waals surface area contributed by atoms with E-state index in [1.54, 1.807) is 18.3 Å². The van der Waals surface area contributed by atoms with Gasteiger partial charge in [0.05, 0.1) is 15.1 Å². The Morgan fingerprint density at radius 3 is 2.44 bits per heavy atom. The number of rotatable bonds is 7. The molecule has 1 aromatic heterocycles. The quantitative estimate of drug-likeness (QED) is 0.491. The lowest BCUT2D eigenvalue weighted by Gasteiger charge is -2.37. The summed E-state index contributed by atoms with van der Waals surface area (Å²) in [6, 6.07) is 9.34. The first-order valence-corrected chi connectivity index (χ1v) is 13.5. The van der Waals surface area contributed by atoms with Crippen molar-refractivity contribution in [3.63, 3.8) is 0 Å². The molecule has 3 atom stereocenters. The largest absolute Gasteiger partial charge is 0.474 e. The van der Waals surface area contributed by atoms with Crippen LogP contribution in [0.1, 0.15) is 18.4 Å². The Kier molecular flexibility index (Phi) is 9.23. The third-order valence-corrected chi connectivity index (χ3v) is 8.09. The number of piperazine rings is 1. The summed E-state index contributed by atoms with van der Waals surface area (Å²) in [6.07, 6.45) is 1.39. The third kappa shape index (κ3) is 6.75. The lowest BCUT2D eigenvalue weighted by atomic mass is 9.86. The molecular formula is C26H34Cl3N5O2. The summed E-state index contributed by atoms with van der Waals surface area (Å²) in [7, 11) is 4.17. The number of pyridine rings is 1. The lowest BCUT2D eigenvalue weighted by molar-refractivity contribution is 0.109. The Balaban J connectivity index is 1.46.